The molecule has 0 spiro atoms. The summed E-state index contributed by atoms with van der Waals surface area (Å²) >= 11 is 0. The van der Waals surface area contributed by atoms with Gasteiger partial charge in [-0.3, -0.25) is 9.59 Å². The number of nitrogens with one attached hydrogen (secondary N) is 2. The van der Waals surface area contributed by atoms with Gasteiger partial charge in [0.2, 0.25) is 11.8 Å². The predicted molar refractivity (Wildman–Crippen MR) is 132 cm³/mol. The van der Waals surface area contributed by atoms with Crippen molar-refractivity contribution in [3.8, 4) is 5.75 Å². The third-order valence-electron chi connectivity index (χ3n) is 5.54. The Labute approximate surface area is 203 Å². The molecule has 0 fully saturated rings. The minimum atomic E-state index is -1.17. The van der Waals surface area contributed by atoms with Gasteiger partial charge < -0.3 is 26.6 Å². The summed E-state index contributed by atoms with van der Waals surface area (Å²) in [6.45, 7) is 0. The van der Waals surface area contributed by atoms with Crippen LogP contribution in [0.2, 0.25) is 0 Å². The summed E-state index contributed by atoms with van der Waals surface area (Å²) in [6.07, 6.45) is 0.480. The number of aromatic hydroxyl groups is 1. The van der Waals surface area contributed by atoms with E-state index in [0.29, 0.717) is 0 Å². The van der Waals surface area contributed by atoms with E-state index in [1.54, 1.807) is 36.4 Å². The van der Waals surface area contributed by atoms with Gasteiger partial charge in [-0.1, -0.05) is 72.8 Å². The molecule has 3 aromatic carbocycles. The molecule has 0 radical (unpaired) electrons. The average molecular weight is 476 g/mol. The van der Waals surface area contributed by atoms with Gasteiger partial charge in [0.1, 0.15) is 17.8 Å². The molecule has 6 N–H and O–H groups in total. The summed E-state index contributed by atoms with van der Waals surface area (Å²) in [6, 6.07) is 21.3. The number of carbonyl (C=O) groups is 3. The number of carboxylic acid groups (broad SMARTS) is 1. The summed E-state index contributed by atoms with van der Waals surface area (Å²) in [5, 5.41) is 24.3. The number of phenols is 1. The largest absolute Gasteiger partial charge is 0.508 e. The van der Waals surface area contributed by atoms with Crippen LogP contribution < -0.4 is 16.4 Å². The van der Waals surface area contributed by atoms with Gasteiger partial charge in [-0.2, -0.15) is 0 Å². The lowest BCUT2D eigenvalue weighted by Gasteiger charge is -2.23. The van der Waals surface area contributed by atoms with E-state index in [4.69, 9.17) is 5.73 Å². The second-order valence-corrected chi connectivity index (χ2v) is 8.32. The lowest BCUT2D eigenvalue weighted by molar-refractivity contribution is -0.142. The van der Waals surface area contributed by atoms with Crippen molar-refractivity contribution in [1.29, 1.82) is 0 Å². The van der Waals surface area contributed by atoms with Gasteiger partial charge >= 0.3 is 5.97 Å². The predicted octanol–water partition coefficient (Wildman–Crippen LogP) is 1.80. The van der Waals surface area contributed by atoms with Crippen LogP contribution in [0.3, 0.4) is 0 Å². The number of amides is 2. The van der Waals surface area contributed by atoms with Crippen LogP contribution in [-0.4, -0.2) is 46.1 Å². The quantitative estimate of drug-likeness (QED) is 0.286. The van der Waals surface area contributed by atoms with Crippen molar-refractivity contribution in [2.24, 2.45) is 5.73 Å². The molecular formula is C27H29N3O5. The van der Waals surface area contributed by atoms with Gasteiger partial charge in [0, 0.05) is 12.8 Å². The number of carboxylic acids is 1. The molecule has 182 valence electrons. The van der Waals surface area contributed by atoms with Crippen molar-refractivity contribution in [3.05, 3.63) is 102 Å². The molecule has 8 heteroatoms. The first-order valence-corrected chi connectivity index (χ1v) is 11.3. The Hall–Kier alpha value is -4.17. The third-order valence-corrected chi connectivity index (χ3v) is 5.54. The smallest absolute Gasteiger partial charge is 0.326 e. The first-order chi connectivity index (χ1) is 16.8. The average Bonchev–Trinajstić information content (AvgIpc) is 2.85. The number of nitrogens with two attached hydrogens (primary N) is 1. The summed E-state index contributed by atoms with van der Waals surface area (Å²) in [5.74, 6) is -2.21. The fourth-order valence-electron chi connectivity index (χ4n) is 3.64. The van der Waals surface area contributed by atoms with Gasteiger partial charge in [0.25, 0.3) is 0 Å². The lowest BCUT2D eigenvalue weighted by Crippen LogP contribution is -2.55. The minimum absolute atomic E-state index is 0.105. The molecule has 0 saturated heterocycles. The van der Waals surface area contributed by atoms with Crippen molar-refractivity contribution >= 4 is 17.8 Å². The van der Waals surface area contributed by atoms with E-state index in [9.17, 15) is 24.6 Å². The number of carbonyl (C=O) groups excluding carboxylic acids is 2. The van der Waals surface area contributed by atoms with Crippen LogP contribution in [0.25, 0.3) is 0 Å². The highest BCUT2D eigenvalue weighted by molar-refractivity contribution is 5.92. The van der Waals surface area contributed by atoms with E-state index in [0.717, 1.165) is 16.7 Å². The molecule has 0 heterocycles. The third kappa shape index (κ3) is 7.97. The van der Waals surface area contributed by atoms with Gasteiger partial charge in [-0.15, -0.1) is 0 Å². The molecule has 0 aliphatic rings. The molecule has 0 bridgehead atoms. The summed E-state index contributed by atoms with van der Waals surface area (Å²) < 4.78 is 0. The molecular weight excluding hydrogens is 446 g/mol. The molecule has 0 aliphatic carbocycles. The molecule has 35 heavy (non-hydrogen) atoms. The molecule has 8 nitrogen and oxygen atoms in total. The maximum Gasteiger partial charge on any atom is 0.326 e. The zero-order valence-electron chi connectivity index (χ0n) is 19.1. The fraction of sp³-hybridized carbons (Fsp3) is 0.222. The number of hydrogen-bond acceptors (Lipinski definition) is 5. The molecule has 0 aromatic heterocycles. The normalized spacial score (nSPS) is 13.3. The summed E-state index contributed by atoms with van der Waals surface area (Å²) in [4.78, 5) is 37.8. The van der Waals surface area contributed by atoms with Crippen LogP contribution in [0.5, 0.6) is 5.75 Å². The highest BCUT2D eigenvalue weighted by atomic mass is 16.4. The topological polar surface area (TPSA) is 142 Å². The Morgan fingerprint density at radius 2 is 1.11 bits per heavy atom. The molecule has 3 atom stereocenters. The van der Waals surface area contributed by atoms with Crippen molar-refractivity contribution in [2.75, 3.05) is 0 Å². The second-order valence-electron chi connectivity index (χ2n) is 8.32. The summed E-state index contributed by atoms with van der Waals surface area (Å²) in [7, 11) is 0. The van der Waals surface area contributed by atoms with Crippen molar-refractivity contribution in [2.45, 2.75) is 37.4 Å². The minimum Gasteiger partial charge on any atom is -0.508 e. The van der Waals surface area contributed by atoms with Crippen LogP contribution in [0, 0.1) is 0 Å². The standard InChI is InChI=1S/C27H29N3O5/c28-22(15-20-11-13-21(31)14-12-20)25(32)29-23(16-18-7-3-1-4-8-18)26(33)30-24(27(34)35)17-19-9-5-2-6-10-19/h1-14,22-24,31H,15-17,28H2,(H,29,32)(H,30,33)(H,34,35). The molecule has 3 unspecified atom stereocenters. The van der Waals surface area contributed by atoms with Crippen molar-refractivity contribution < 1.29 is 24.6 Å². The molecule has 3 rings (SSSR count). The van der Waals surface area contributed by atoms with Crippen molar-refractivity contribution in [1.82, 2.24) is 10.6 Å². The van der Waals surface area contributed by atoms with E-state index < -0.39 is 35.9 Å². The highest BCUT2D eigenvalue weighted by Crippen LogP contribution is 2.12. The second kappa shape index (κ2) is 12.3. The number of hydrogen-bond donors (Lipinski definition) is 5. The zero-order valence-corrected chi connectivity index (χ0v) is 19.1. The number of phenolic OH excluding ortho intramolecular Hbond substituents is 1. The first-order valence-electron chi connectivity index (χ1n) is 11.3. The monoisotopic (exact) mass is 475 g/mol. The maximum absolute atomic E-state index is 13.1. The van der Waals surface area contributed by atoms with Crippen LogP contribution >= 0.6 is 0 Å². The Bertz CT molecular complexity index is 1120. The molecule has 0 saturated carbocycles. The SMILES string of the molecule is NC(Cc1ccc(O)cc1)C(=O)NC(Cc1ccccc1)C(=O)NC(Cc1ccccc1)C(=O)O. The Morgan fingerprint density at radius 1 is 0.657 bits per heavy atom. The number of rotatable bonds is 11. The van der Waals surface area contributed by atoms with E-state index in [1.165, 1.54) is 12.1 Å². The van der Waals surface area contributed by atoms with Gasteiger partial charge in [0.05, 0.1) is 6.04 Å². The van der Waals surface area contributed by atoms with Crippen molar-refractivity contribution in [3.63, 3.8) is 0 Å². The Kier molecular flexibility index (Phi) is 8.97. The summed E-state index contributed by atoms with van der Waals surface area (Å²) in [5.41, 5.74) is 8.40. The van der Waals surface area contributed by atoms with E-state index in [1.807, 2.05) is 36.4 Å². The Balaban J connectivity index is 1.72. The van der Waals surface area contributed by atoms with E-state index in [2.05, 4.69) is 10.6 Å². The van der Waals surface area contributed by atoms with Gasteiger partial charge in [0.15, 0.2) is 0 Å². The Morgan fingerprint density at radius 3 is 1.63 bits per heavy atom. The van der Waals surface area contributed by atoms with Crippen LogP contribution in [0.15, 0.2) is 84.9 Å². The highest BCUT2D eigenvalue weighted by Gasteiger charge is 2.28. The van der Waals surface area contributed by atoms with Gasteiger partial charge in [-0.05, 0) is 35.2 Å². The number of aliphatic carboxylic acids is 1. The van der Waals surface area contributed by atoms with E-state index >= 15 is 0 Å². The first kappa shape index (κ1) is 25.5. The molecule has 0 aliphatic heterocycles. The van der Waals surface area contributed by atoms with Crippen LogP contribution in [-0.2, 0) is 33.6 Å². The van der Waals surface area contributed by atoms with E-state index in [-0.39, 0.29) is 25.0 Å². The zero-order chi connectivity index (χ0) is 25.2. The van der Waals surface area contributed by atoms with Gasteiger partial charge in [-0.25, -0.2) is 4.79 Å². The lowest BCUT2D eigenvalue weighted by atomic mass is 10.0. The van der Waals surface area contributed by atoms with Crippen LogP contribution in [0.4, 0.5) is 0 Å². The number of benzene rings is 3. The van der Waals surface area contributed by atoms with Crippen LogP contribution in [0.1, 0.15) is 16.7 Å². The molecule has 3 aromatic rings. The maximum atomic E-state index is 13.1. The fourth-order valence-corrected chi connectivity index (χ4v) is 3.64. The molecule has 2 amide bonds.